The van der Waals surface area contributed by atoms with Gasteiger partial charge in [0.25, 0.3) is 0 Å². The van der Waals surface area contributed by atoms with Gasteiger partial charge in [0, 0.05) is 38.8 Å². The van der Waals surface area contributed by atoms with Crippen LogP contribution >= 0.6 is 0 Å². The molecule has 0 bridgehead atoms. The van der Waals surface area contributed by atoms with Gasteiger partial charge < -0.3 is 23.6 Å². The molecule has 0 saturated carbocycles. The zero-order chi connectivity index (χ0) is 22.3. The molecule has 0 radical (unpaired) electrons. The Morgan fingerprint density at radius 3 is 2.64 bits per heavy atom. The van der Waals surface area contributed by atoms with Crippen LogP contribution in [0.1, 0.15) is 11.3 Å². The molecule has 4 heterocycles. The minimum atomic E-state index is 0.501. The quantitative estimate of drug-likeness (QED) is 0.483. The van der Waals surface area contributed by atoms with E-state index in [0.717, 1.165) is 74.0 Å². The molecular formula is C24H29N5O4. The first-order chi connectivity index (χ1) is 16.3. The van der Waals surface area contributed by atoms with Crippen LogP contribution in [0.25, 0.3) is 11.0 Å². The van der Waals surface area contributed by atoms with Gasteiger partial charge in [-0.2, -0.15) is 4.98 Å². The van der Waals surface area contributed by atoms with E-state index in [2.05, 4.69) is 26.0 Å². The summed E-state index contributed by atoms with van der Waals surface area (Å²) in [5.41, 5.74) is 2.53. The van der Waals surface area contributed by atoms with Gasteiger partial charge in [0.15, 0.2) is 5.58 Å². The van der Waals surface area contributed by atoms with Crippen LogP contribution in [0, 0.1) is 0 Å². The molecule has 9 nitrogen and oxygen atoms in total. The maximum Gasteiger partial charge on any atom is 0.215 e. The number of benzene rings is 1. The fraction of sp³-hybridized carbons (Fsp3) is 0.458. The van der Waals surface area contributed by atoms with Crippen LogP contribution in [-0.2, 0) is 16.0 Å². The Kier molecular flexibility index (Phi) is 7.10. The molecule has 2 fully saturated rings. The average molecular weight is 452 g/mol. The number of nitrogens with zero attached hydrogens (tertiary/aromatic N) is 5. The lowest BCUT2D eigenvalue weighted by atomic mass is 10.2. The predicted molar refractivity (Wildman–Crippen MR) is 125 cm³/mol. The number of hydrogen-bond acceptors (Lipinski definition) is 9. The topological polar surface area (TPSA) is 85.5 Å². The van der Waals surface area contributed by atoms with Crippen molar-refractivity contribution in [2.24, 2.45) is 4.99 Å². The van der Waals surface area contributed by atoms with Crippen molar-refractivity contribution >= 4 is 23.0 Å². The molecule has 3 aromatic rings. The molecule has 2 aliphatic heterocycles. The largest absolute Gasteiger partial charge is 0.476 e. The van der Waals surface area contributed by atoms with Crippen LogP contribution in [0.5, 0.6) is 5.88 Å². The second-order valence-electron chi connectivity index (χ2n) is 8.11. The highest BCUT2D eigenvalue weighted by Crippen LogP contribution is 2.22. The number of anilines is 1. The summed E-state index contributed by atoms with van der Waals surface area (Å²) in [6.07, 6.45) is 1.76. The summed E-state index contributed by atoms with van der Waals surface area (Å²) < 4.78 is 22.3. The van der Waals surface area contributed by atoms with Crippen LogP contribution in [-0.4, -0.2) is 87.0 Å². The second kappa shape index (κ2) is 10.7. The molecule has 9 heteroatoms. The van der Waals surface area contributed by atoms with Gasteiger partial charge in [-0.15, -0.1) is 0 Å². The van der Waals surface area contributed by atoms with E-state index in [1.807, 2.05) is 30.3 Å². The number of aliphatic imine (C=N–C) groups is 1. The van der Waals surface area contributed by atoms with Gasteiger partial charge in [-0.25, -0.2) is 0 Å². The minimum absolute atomic E-state index is 0.501. The summed E-state index contributed by atoms with van der Waals surface area (Å²) in [4.78, 5) is 14.0. The van der Waals surface area contributed by atoms with Gasteiger partial charge in [0.1, 0.15) is 18.1 Å². The lowest BCUT2D eigenvalue weighted by molar-refractivity contribution is 0.0320. The number of hydrogen-bond donors (Lipinski definition) is 0. The van der Waals surface area contributed by atoms with Crippen molar-refractivity contribution in [2.45, 2.75) is 6.54 Å². The number of ether oxygens (including phenoxy) is 3. The molecule has 0 unspecified atom stereocenters. The fourth-order valence-electron chi connectivity index (χ4n) is 4.00. The highest BCUT2D eigenvalue weighted by Gasteiger charge is 2.15. The first-order valence-corrected chi connectivity index (χ1v) is 11.5. The first kappa shape index (κ1) is 21.8. The Morgan fingerprint density at radius 1 is 1.00 bits per heavy atom. The number of fused-ring (bicyclic) bond motifs is 1. The summed E-state index contributed by atoms with van der Waals surface area (Å²) in [6, 6.07) is 11.8. The van der Waals surface area contributed by atoms with Crippen LogP contribution < -0.4 is 9.64 Å². The van der Waals surface area contributed by atoms with Crippen molar-refractivity contribution in [3.63, 3.8) is 0 Å². The molecule has 0 N–H and O–H groups in total. The Balaban J connectivity index is 1.28. The average Bonchev–Trinajstić information content (AvgIpc) is 3.28. The molecule has 0 amide bonds. The summed E-state index contributed by atoms with van der Waals surface area (Å²) in [7, 11) is 0. The lowest BCUT2D eigenvalue weighted by Gasteiger charge is -2.28. The van der Waals surface area contributed by atoms with Crippen molar-refractivity contribution in [3.05, 3.63) is 47.7 Å². The zero-order valence-corrected chi connectivity index (χ0v) is 18.7. The molecule has 0 spiro atoms. The monoisotopic (exact) mass is 451 g/mol. The fourth-order valence-corrected chi connectivity index (χ4v) is 4.00. The molecule has 5 rings (SSSR count). The van der Waals surface area contributed by atoms with Crippen LogP contribution in [0.3, 0.4) is 0 Å². The number of rotatable bonds is 8. The highest BCUT2D eigenvalue weighted by molar-refractivity contribution is 5.95. The van der Waals surface area contributed by atoms with Crippen LogP contribution in [0.4, 0.5) is 5.82 Å². The van der Waals surface area contributed by atoms with Crippen molar-refractivity contribution in [1.29, 1.82) is 0 Å². The molecule has 2 aliphatic rings. The van der Waals surface area contributed by atoms with Crippen LogP contribution in [0.15, 0.2) is 45.9 Å². The van der Waals surface area contributed by atoms with E-state index < -0.39 is 0 Å². The van der Waals surface area contributed by atoms with Gasteiger partial charge >= 0.3 is 0 Å². The number of pyridine rings is 1. The summed E-state index contributed by atoms with van der Waals surface area (Å²) in [6.45, 7) is 8.46. The van der Waals surface area contributed by atoms with E-state index in [9.17, 15) is 0 Å². The highest BCUT2D eigenvalue weighted by atomic mass is 16.5. The van der Waals surface area contributed by atoms with Crippen molar-refractivity contribution in [1.82, 2.24) is 15.0 Å². The van der Waals surface area contributed by atoms with Gasteiger partial charge in [-0.3, -0.25) is 9.89 Å². The molecule has 174 valence electrons. The molecule has 0 aliphatic carbocycles. The summed E-state index contributed by atoms with van der Waals surface area (Å²) >= 11 is 0. The normalized spacial score (nSPS) is 17.8. The van der Waals surface area contributed by atoms with Crippen molar-refractivity contribution in [3.8, 4) is 5.88 Å². The smallest absolute Gasteiger partial charge is 0.215 e. The molecule has 2 aromatic heterocycles. The Labute approximate surface area is 192 Å². The maximum atomic E-state index is 6.06. The van der Waals surface area contributed by atoms with E-state index in [1.54, 1.807) is 6.21 Å². The van der Waals surface area contributed by atoms with Crippen molar-refractivity contribution in [2.75, 3.05) is 70.7 Å². The van der Waals surface area contributed by atoms with Gasteiger partial charge in [0.05, 0.1) is 44.6 Å². The van der Waals surface area contributed by atoms with Crippen LogP contribution in [0.2, 0.25) is 0 Å². The Bertz CT molecular complexity index is 1070. The first-order valence-electron chi connectivity index (χ1n) is 11.5. The Hall–Kier alpha value is -3.01. The second-order valence-corrected chi connectivity index (χ2v) is 8.11. The lowest BCUT2D eigenvalue weighted by Crippen LogP contribution is -2.38. The van der Waals surface area contributed by atoms with E-state index in [1.165, 1.54) is 0 Å². The third-order valence-corrected chi connectivity index (χ3v) is 5.84. The van der Waals surface area contributed by atoms with Crippen molar-refractivity contribution < 1.29 is 18.7 Å². The number of para-hydroxylation sites is 1. The number of morpholine rings is 2. The molecular weight excluding hydrogens is 422 g/mol. The van der Waals surface area contributed by atoms with E-state index >= 15 is 0 Å². The SMILES string of the molecule is C(=NCc1cc(OCCN2CCOCC2)nc(N2CCOCC2)c1)c1noc2ccccc12. The number of aromatic nitrogens is 2. The van der Waals surface area contributed by atoms with Gasteiger partial charge in [0.2, 0.25) is 5.88 Å². The summed E-state index contributed by atoms with van der Waals surface area (Å²) in [5, 5.41) is 5.08. The third-order valence-electron chi connectivity index (χ3n) is 5.84. The molecule has 2 saturated heterocycles. The van der Waals surface area contributed by atoms with E-state index in [0.29, 0.717) is 32.2 Å². The standard InChI is InChI=1S/C24H29N5O4/c1-2-4-22-20(3-1)21(27-33-22)18-25-17-19-15-23(29-8-12-31-13-9-29)26-24(16-19)32-14-7-28-5-10-30-11-6-28/h1-4,15-16,18H,5-14,17H2. The van der Waals surface area contributed by atoms with Gasteiger partial charge in [-0.05, 0) is 23.8 Å². The van der Waals surface area contributed by atoms with E-state index in [-0.39, 0.29) is 0 Å². The molecule has 33 heavy (non-hydrogen) atoms. The Morgan fingerprint density at radius 2 is 1.79 bits per heavy atom. The summed E-state index contributed by atoms with van der Waals surface area (Å²) in [5.74, 6) is 1.53. The zero-order valence-electron chi connectivity index (χ0n) is 18.7. The predicted octanol–water partition coefficient (Wildman–Crippen LogP) is 2.39. The minimum Gasteiger partial charge on any atom is -0.476 e. The molecule has 0 atom stereocenters. The third kappa shape index (κ3) is 5.68. The molecule has 1 aromatic carbocycles. The van der Waals surface area contributed by atoms with Gasteiger partial charge in [-0.1, -0.05) is 17.3 Å². The maximum absolute atomic E-state index is 6.06. The van der Waals surface area contributed by atoms with E-state index in [4.69, 9.17) is 23.7 Å².